The van der Waals surface area contributed by atoms with Gasteiger partial charge in [-0.25, -0.2) is 0 Å². The first-order valence-corrected chi connectivity index (χ1v) is 16.9. The standard InChI is InChI=1S/C40H32F3N3O6/c1-22-12-14-24(15-13-22)44-46-36(49)31-21-29-27(17-18-28-33(29)37(50)45(35(28)48)25-10-6-3-7-11-25)34(39(31,38(46)51)23-8-4-2-5-9-23)30-20-26(16-19-32(30)47)52-40(41,42)43/h2-17,19-20,28-29,31,33-34,44,47H,18,21H2,1H3. The lowest BCUT2D eigenvalue weighted by Gasteiger charge is -2.50. The Kier molecular flexibility index (Phi) is 7.74. The summed E-state index contributed by atoms with van der Waals surface area (Å²) in [5.74, 6) is -8.10. The summed E-state index contributed by atoms with van der Waals surface area (Å²) in [4.78, 5) is 59.3. The second kappa shape index (κ2) is 12.1. The highest BCUT2D eigenvalue weighted by Gasteiger charge is 2.70. The molecule has 6 unspecified atom stereocenters. The van der Waals surface area contributed by atoms with Gasteiger partial charge < -0.3 is 9.84 Å². The molecule has 9 nitrogen and oxygen atoms in total. The van der Waals surface area contributed by atoms with Crippen molar-refractivity contribution >= 4 is 35.0 Å². The normalized spacial score (nSPS) is 26.8. The summed E-state index contributed by atoms with van der Waals surface area (Å²) in [6, 6.07) is 27.1. The molecule has 52 heavy (non-hydrogen) atoms. The second-order valence-corrected chi connectivity index (χ2v) is 13.7. The van der Waals surface area contributed by atoms with Gasteiger partial charge in [-0.2, -0.15) is 5.01 Å². The summed E-state index contributed by atoms with van der Waals surface area (Å²) in [6.07, 6.45) is -3.22. The number of rotatable bonds is 6. The first-order valence-electron chi connectivity index (χ1n) is 16.9. The van der Waals surface area contributed by atoms with E-state index in [-0.39, 0.29) is 18.4 Å². The van der Waals surface area contributed by atoms with Gasteiger partial charge in [0.1, 0.15) is 11.5 Å². The fourth-order valence-electron chi connectivity index (χ4n) is 8.88. The molecule has 4 aliphatic rings. The Morgan fingerprint density at radius 2 is 1.50 bits per heavy atom. The predicted octanol–water partition coefficient (Wildman–Crippen LogP) is 6.79. The van der Waals surface area contributed by atoms with Crippen molar-refractivity contribution in [3.63, 3.8) is 0 Å². The van der Waals surface area contributed by atoms with Gasteiger partial charge in [-0.1, -0.05) is 77.9 Å². The summed E-state index contributed by atoms with van der Waals surface area (Å²) in [5.41, 5.74) is 3.77. The molecule has 2 N–H and O–H groups in total. The zero-order valence-electron chi connectivity index (χ0n) is 27.7. The molecule has 6 atom stereocenters. The number of aryl methyl sites for hydroxylation is 1. The van der Waals surface area contributed by atoms with Gasteiger partial charge in [0, 0.05) is 11.5 Å². The monoisotopic (exact) mass is 707 g/mol. The summed E-state index contributed by atoms with van der Waals surface area (Å²) in [7, 11) is 0. The molecule has 1 saturated carbocycles. The summed E-state index contributed by atoms with van der Waals surface area (Å²) < 4.78 is 45.0. The maximum Gasteiger partial charge on any atom is 0.573 e. The summed E-state index contributed by atoms with van der Waals surface area (Å²) in [6.45, 7) is 1.89. The van der Waals surface area contributed by atoms with Gasteiger partial charge in [-0.15, -0.1) is 13.2 Å². The summed E-state index contributed by atoms with van der Waals surface area (Å²) in [5, 5.41) is 12.4. The SMILES string of the molecule is Cc1ccc(NN2C(=O)C3CC4C(=CCC5C(=O)N(c6ccccc6)C(=O)C54)C(c4cc(OC(F)(F)F)ccc4O)C3(c3ccccc3)C2=O)cc1. The van der Waals surface area contributed by atoms with E-state index in [1.165, 1.54) is 0 Å². The highest BCUT2D eigenvalue weighted by molar-refractivity contribution is 6.22. The third-order valence-electron chi connectivity index (χ3n) is 11.0. The van der Waals surface area contributed by atoms with Crippen LogP contribution in [-0.2, 0) is 24.6 Å². The fraction of sp³-hybridized carbons (Fsp3) is 0.250. The van der Waals surface area contributed by atoms with E-state index in [0.717, 1.165) is 33.7 Å². The number of nitrogens with one attached hydrogen (secondary N) is 1. The van der Waals surface area contributed by atoms with Crippen LogP contribution in [0.15, 0.2) is 115 Å². The molecule has 8 rings (SSSR count). The Morgan fingerprint density at radius 3 is 2.17 bits per heavy atom. The van der Waals surface area contributed by atoms with Crippen molar-refractivity contribution in [3.8, 4) is 11.5 Å². The van der Waals surface area contributed by atoms with Crippen LogP contribution in [0.4, 0.5) is 24.5 Å². The molecule has 0 radical (unpaired) electrons. The van der Waals surface area contributed by atoms with Gasteiger partial charge in [0.05, 0.1) is 34.5 Å². The number of halogens is 3. The van der Waals surface area contributed by atoms with E-state index in [1.807, 2.05) is 6.92 Å². The fourth-order valence-corrected chi connectivity index (χ4v) is 8.88. The van der Waals surface area contributed by atoms with Gasteiger partial charge in [0.15, 0.2) is 0 Å². The van der Waals surface area contributed by atoms with Crippen molar-refractivity contribution in [2.24, 2.45) is 23.7 Å². The number of hydrogen-bond donors (Lipinski definition) is 2. The highest BCUT2D eigenvalue weighted by atomic mass is 19.4. The van der Waals surface area contributed by atoms with Gasteiger partial charge in [-0.05, 0) is 73.7 Å². The minimum absolute atomic E-state index is 0.0177. The van der Waals surface area contributed by atoms with Gasteiger partial charge in [0.2, 0.25) is 11.8 Å². The molecule has 0 spiro atoms. The number of nitrogens with zero attached hydrogens (tertiary/aromatic N) is 2. The topological polar surface area (TPSA) is 116 Å². The number of amides is 4. The Hall–Kier alpha value is -5.91. The number of hydrogen-bond acceptors (Lipinski definition) is 7. The van der Waals surface area contributed by atoms with Crippen LogP contribution in [-0.4, -0.2) is 40.1 Å². The minimum Gasteiger partial charge on any atom is -0.508 e. The second-order valence-electron chi connectivity index (χ2n) is 13.7. The molecule has 2 saturated heterocycles. The van der Waals surface area contributed by atoms with E-state index < -0.39 is 76.5 Å². The average molecular weight is 708 g/mol. The van der Waals surface area contributed by atoms with E-state index in [1.54, 1.807) is 91.0 Å². The largest absolute Gasteiger partial charge is 0.573 e. The highest BCUT2D eigenvalue weighted by Crippen LogP contribution is 2.65. The zero-order chi connectivity index (χ0) is 36.5. The molecule has 3 fully saturated rings. The number of para-hydroxylation sites is 1. The third-order valence-corrected chi connectivity index (χ3v) is 11.0. The Morgan fingerprint density at radius 1 is 0.827 bits per heavy atom. The number of imide groups is 2. The third kappa shape index (κ3) is 5.07. The van der Waals surface area contributed by atoms with Crippen molar-refractivity contribution in [1.82, 2.24) is 5.01 Å². The quantitative estimate of drug-likeness (QED) is 0.168. The van der Waals surface area contributed by atoms with E-state index >= 15 is 4.79 Å². The molecule has 4 aromatic carbocycles. The summed E-state index contributed by atoms with van der Waals surface area (Å²) >= 11 is 0. The number of alkyl halides is 3. The molecule has 0 bridgehead atoms. The Bertz CT molecular complexity index is 2140. The minimum atomic E-state index is -5.06. The number of benzene rings is 4. The number of anilines is 2. The predicted molar refractivity (Wildman–Crippen MR) is 183 cm³/mol. The van der Waals surface area contributed by atoms with Crippen LogP contribution in [0.5, 0.6) is 11.5 Å². The molecule has 0 aromatic heterocycles. The lowest BCUT2D eigenvalue weighted by molar-refractivity contribution is -0.274. The molecule has 12 heteroatoms. The molecule has 4 amide bonds. The van der Waals surface area contributed by atoms with Crippen LogP contribution < -0.4 is 15.1 Å². The van der Waals surface area contributed by atoms with E-state index in [4.69, 9.17) is 0 Å². The number of phenols is 1. The Labute approximate surface area is 296 Å². The van der Waals surface area contributed by atoms with Crippen molar-refractivity contribution in [2.75, 3.05) is 10.3 Å². The van der Waals surface area contributed by atoms with Gasteiger partial charge >= 0.3 is 6.36 Å². The zero-order valence-corrected chi connectivity index (χ0v) is 27.7. The number of hydrazine groups is 1. The Balaban J connectivity index is 1.34. The number of carbonyl (C=O) groups excluding carboxylic acids is 4. The lowest BCUT2D eigenvalue weighted by Crippen LogP contribution is -2.53. The van der Waals surface area contributed by atoms with Crippen LogP contribution in [0.2, 0.25) is 0 Å². The van der Waals surface area contributed by atoms with Crippen molar-refractivity contribution in [3.05, 3.63) is 131 Å². The molecular weight excluding hydrogens is 675 g/mol. The molecular formula is C40H32F3N3O6. The molecule has 2 aliphatic heterocycles. The smallest absolute Gasteiger partial charge is 0.508 e. The number of ether oxygens (including phenoxy) is 1. The number of aromatic hydroxyl groups is 1. The number of carbonyl (C=O) groups is 4. The molecule has 2 aliphatic carbocycles. The van der Waals surface area contributed by atoms with E-state index in [0.29, 0.717) is 22.5 Å². The average Bonchev–Trinajstić information content (AvgIpc) is 3.51. The molecule has 4 aromatic rings. The molecule has 264 valence electrons. The lowest BCUT2D eigenvalue weighted by atomic mass is 9.49. The van der Waals surface area contributed by atoms with E-state index in [2.05, 4.69) is 10.2 Å². The number of fused-ring (bicyclic) bond motifs is 4. The number of phenolic OH excluding ortho intramolecular Hbond substituents is 1. The number of allylic oxidation sites excluding steroid dienone is 2. The van der Waals surface area contributed by atoms with Crippen molar-refractivity contribution in [1.29, 1.82) is 0 Å². The first kappa shape index (κ1) is 33.2. The van der Waals surface area contributed by atoms with E-state index in [9.17, 15) is 32.7 Å². The van der Waals surface area contributed by atoms with Gasteiger partial charge in [-0.3, -0.25) is 29.5 Å². The van der Waals surface area contributed by atoms with Crippen LogP contribution in [0.3, 0.4) is 0 Å². The van der Waals surface area contributed by atoms with Crippen LogP contribution in [0.1, 0.15) is 35.4 Å². The van der Waals surface area contributed by atoms with Crippen LogP contribution in [0, 0.1) is 30.6 Å². The van der Waals surface area contributed by atoms with Crippen LogP contribution >= 0.6 is 0 Å². The first-order chi connectivity index (χ1) is 24.9. The van der Waals surface area contributed by atoms with Crippen molar-refractivity contribution < 1.29 is 42.2 Å². The molecule has 2 heterocycles. The maximum atomic E-state index is 15.2. The maximum absolute atomic E-state index is 15.2. The van der Waals surface area contributed by atoms with Crippen LogP contribution in [0.25, 0.3) is 0 Å². The van der Waals surface area contributed by atoms with Crippen molar-refractivity contribution in [2.45, 2.75) is 37.5 Å². The van der Waals surface area contributed by atoms with Gasteiger partial charge in [0.25, 0.3) is 11.8 Å².